The fourth-order valence-corrected chi connectivity index (χ4v) is 5.31. The third-order valence-electron chi connectivity index (χ3n) is 5.73. The van der Waals surface area contributed by atoms with Gasteiger partial charge in [-0.2, -0.15) is 0 Å². The summed E-state index contributed by atoms with van der Waals surface area (Å²) >= 11 is 6.50. The van der Waals surface area contributed by atoms with Gasteiger partial charge < -0.3 is 10.6 Å². The molecular weight excluding hydrogens is 434 g/mol. The van der Waals surface area contributed by atoms with Crippen LogP contribution >= 0.6 is 24.0 Å². The lowest BCUT2D eigenvalue weighted by molar-refractivity contribution is -0.123. The number of nitrogens with zero attached hydrogens (tertiary/aromatic N) is 4. The Bertz CT molecular complexity index is 1180. The molecule has 2 aromatic rings. The number of aromatic nitrogens is 2. The summed E-state index contributed by atoms with van der Waals surface area (Å²) in [5, 5.41) is 0. The molecule has 2 aromatic heterocycles. The molecule has 2 N–H and O–H groups in total. The number of primary amides is 1. The molecule has 0 aromatic carbocycles. The Labute approximate surface area is 189 Å². The highest BCUT2D eigenvalue weighted by molar-refractivity contribution is 8.26. The summed E-state index contributed by atoms with van der Waals surface area (Å²) in [4.78, 5) is 46.5. The molecule has 2 saturated heterocycles. The van der Waals surface area contributed by atoms with Crippen molar-refractivity contribution in [1.29, 1.82) is 0 Å². The molecule has 0 aliphatic carbocycles. The molecule has 0 spiro atoms. The van der Waals surface area contributed by atoms with Gasteiger partial charge in [0, 0.05) is 31.7 Å². The second kappa shape index (κ2) is 8.43. The Hall–Kier alpha value is -2.72. The number of likely N-dealkylation sites (N-methyl/N-ethyl adjacent to an activating group) is 1. The van der Waals surface area contributed by atoms with Crippen LogP contribution in [-0.4, -0.2) is 50.1 Å². The molecule has 0 radical (unpaired) electrons. The van der Waals surface area contributed by atoms with Gasteiger partial charge in [0.25, 0.3) is 11.5 Å². The molecule has 0 unspecified atom stereocenters. The number of carbonyl (C=O) groups excluding carboxylic acids is 2. The lowest BCUT2D eigenvalue weighted by Crippen LogP contribution is -2.40. The van der Waals surface area contributed by atoms with Crippen molar-refractivity contribution in [3.05, 3.63) is 44.7 Å². The van der Waals surface area contributed by atoms with Crippen LogP contribution in [0.3, 0.4) is 0 Å². The van der Waals surface area contributed by atoms with Crippen LogP contribution < -0.4 is 16.2 Å². The van der Waals surface area contributed by atoms with Crippen molar-refractivity contribution in [2.75, 3.05) is 24.5 Å². The number of hydrogen-bond donors (Lipinski definition) is 1. The van der Waals surface area contributed by atoms with Gasteiger partial charge in [0.15, 0.2) is 0 Å². The minimum Gasteiger partial charge on any atom is -0.369 e. The van der Waals surface area contributed by atoms with Crippen LogP contribution in [0.5, 0.6) is 0 Å². The Kier molecular flexibility index (Phi) is 5.85. The van der Waals surface area contributed by atoms with Crippen molar-refractivity contribution in [3.8, 4) is 0 Å². The van der Waals surface area contributed by atoms with Gasteiger partial charge in [-0.15, -0.1) is 0 Å². The summed E-state index contributed by atoms with van der Waals surface area (Å²) in [6.45, 7) is 5.34. The van der Waals surface area contributed by atoms with Gasteiger partial charge >= 0.3 is 0 Å². The first-order chi connectivity index (χ1) is 14.8. The van der Waals surface area contributed by atoms with E-state index < -0.39 is 0 Å². The van der Waals surface area contributed by atoms with Crippen molar-refractivity contribution in [2.24, 2.45) is 11.7 Å². The topological polar surface area (TPSA) is 101 Å². The number of piperidine rings is 1. The van der Waals surface area contributed by atoms with Gasteiger partial charge in [-0.3, -0.25) is 23.7 Å². The van der Waals surface area contributed by atoms with Gasteiger partial charge in [0.05, 0.1) is 10.5 Å². The number of anilines is 1. The van der Waals surface area contributed by atoms with E-state index in [-0.39, 0.29) is 23.3 Å². The van der Waals surface area contributed by atoms with Gasteiger partial charge in [-0.05, 0) is 44.4 Å². The van der Waals surface area contributed by atoms with Crippen molar-refractivity contribution < 1.29 is 9.59 Å². The number of pyridine rings is 1. The highest BCUT2D eigenvalue weighted by Gasteiger charge is 2.32. The molecule has 2 amide bonds. The minimum absolute atomic E-state index is 0.177. The quantitative estimate of drug-likeness (QED) is 0.553. The van der Waals surface area contributed by atoms with Crippen LogP contribution in [0, 0.1) is 12.8 Å². The van der Waals surface area contributed by atoms with Crippen molar-refractivity contribution in [3.63, 3.8) is 0 Å². The van der Waals surface area contributed by atoms with Gasteiger partial charge in [0.2, 0.25) is 5.91 Å². The summed E-state index contributed by atoms with van der Waals surface area (Å²) in [6, 6.07) is 3.70. The molecule has 2 aliphatic heterocycles. The zero-order chi connectivity index (χ0) is 22.3. The lowest BCUT2D eigenvalue weighted by Gasteiger charge is -2.32. The van der Waals surface area contributed by atoms with E-state index in [4.69, 9.17) is 22.9 Å². The second-order valence-electron chi connectivity index (χ2n) is 7.63. The Morgan fingerprint density at radius 3 is 2.68 bits per heavy atom. The van der Waals surface area contributed by atoms with Crippen molar-refractivity contribution in [1.82, 2.24) is 14.3 Å². The highest BCUT2D eigenvalue weighted by Crippen LogP contribution is 2.34. The van der Waals surface area contributed by atoms with Gasteiger partial charge in [-0.25, -0.2) is 4.98 Å². The predicted octanol–water partition coefficient (Wildman–Crippen LogP) is 1.93. The zero-order valence-corrected chi connectivity index (χ0v) is 19.0. The summed E-state index contributed by atoms with van der Waals surface area (Å²) in [5.74, 6) is -0.164. The Morgan fingerprint density at radius 2 is 2.06 bits per heavy atom. The largest absolute Gasteiger partial charge is 0.369 e. The first kappa shape index (κ1) is 21.5. The molecule has 4 heterocycles. The van der Waals surface area contributed by atoms with E-state index in [1.165, 1.54) is 21.1 Å². The predicted molar refractivity (Wildman–Crippen MR) is 126 cm³/mol. The molecule has 10 heteroatoms. The number of aryl methyl sites for hydroxylation is 1. The average molecular weight is 458 g/mol. The van der Waals surface area contributed by atoms with E-state index in [1.807, 2.05) is 24.8 Å². The monoisotopic (exact) mass is 457 g/mol. The molecule has 0 saturated carbocycles. The molecule has 162 valence electrons. The number of rotatable bonds is 4. The van der Waals surface area contributed by atoms with Crippen molar-refractivity contribution in [2.45, 2.75) is 26.7 Å². The van der Waals surface area contributed by atoms with Crippen LogP contribution in [0.1, 0.15) is 30.9 Å². The summed E-state index contributed by atoms with van der Waals surface area (Å²) in [6.07, 6.45) is 4.48. The van der Waals surface area contributed by atoms with Crippen LogP contribution in [0.4, 0.5) is 5.82 Å². The van der Waals surface area contributed by atoms with Crippen molar-refractivity contribution >= 4 is 57.7 Å². The van der Waals surface area contributed by atoms with Crippen LogP contribution in [0.15, 0.2) is 28.0 Å². The average Bonchev–Trinajstić information content (AvgIpc) is 3.02. The number of carbonyl (C=O) groups is 2. The molecule has 0 bridgehead atoms. The summed E-state index contributed by atoms with van der Waals surface area (Å²) in [7, 11) is 0. The fraction of sp³-hybridized carbons (Fsp3) is 0.381. The first-order valence-electron chi connectivity index (χ1n) is 10.1. The number of fused-ring (bicyclic) bond motifs is 1. The third-order valence-corrected chi connectivity index (χ3v) is 7.10. The van der Waals surface area contributed by atoms with Crippen LogP contribution in [-0.2, 0) is 9.59 Å². The van der Waals surface area contributed by atoms with Crippen LogP contribution in [0.25, 0.3) is 11.7 Å². The third kappa shape index (κ3) is 3.85. The molecule has 0 atom stereocenters. The minimum atomic E-state index is -0.300. The van der Waals surface area contributed by atoms with Gasteiger partial charge in [0.1, 0.15) is 15.8 Å². The SMILES string of the molecule is CCN1C(=O)/C(=C\c2c(N3CCC(C(N)=O)CC3)nc3c(C)cccn3c2=O)SC1=S. The molecule has 31 heavy (non-hydrogen) atoms. The highest BCUT2D eigenvalue weighted by atomic mass is 32.2. The van der Waals surface area contributed by atoms with E-state index in [0.29, 0.717) is 58.7 Å². The van der Waals surface area contributed by atoms with Crippen LogP contribution in [0.2, 0.25) is 0 Å². The smallest absolute Gasteiger partial charge is 0.267 e. The molecule has 2 aliphatic rings. The molecular formula is C21H23N5O3S2. The molecule has 4 rings (SSSR count). The maximum Gasteiger partial charge on any atom is 0.267 e. The zero-order valence-electron chi connectivity index (χ0n) is 17.3. The number of amides is 2. The van der Waals surface area contributed by atoms with E-state index in [0.717, 1.165) is 5.56 Å². The maximum absolute atomic E-state index is 13.5. The number of thioether (sulfide) groups is 1. The first-order valence-corrected chi connectivity index (χ1v) is 11.4. The Morgan fingerprint density at radius 1 is 1.35 bits per heavy atom. The molecule has 2 fully saturated rings. The van der Waals surface area contributed by atoms with E-state index in [1.54, 1.807) is 18.3 Å². The summed E-state index contributed by atoms with van der Waals surface area (Å²) < 4.78 is 1.98. The number of hydrogen-bond acceptors (Lipinski definition) is 7. The lowest BCUT2D eigenvalue weighted by atomic mass is 9.96. The maximum atomic E-state index is 13.5. The number of thiocarbonyl (C=S) groups is 1. The molecule has 8 nitrogen and oxygen atoms in total. The van der Waals surface area contributed by atoms with E-state index in [9.17, 15) is 14.4 Å². The number of nitrogens with two attached hydrogens (primary N) is 1. The second-order valence-corrected chi connectivity index (χ2v) is 9.30. The van der Waals surface area contributed by atoms with E-state index >= 15 is 0 Å². The normalized spacial score (nSPS) is 19.1. The van der Waals surface area contributed by atoms with E-state index in [2.05, 4.69) is 0 Å². The standard InChI is InChI=1S/C21H23N5O3S2/c1-3-25-20(29)15(31-21(25)30)11-14-18(24-9-6-13(7-10-24)16(22)27)23-17-12(2)5-4-8-26(17)19(14)28/h4-5,8,11,13H,3,6-7,9-10H2,1-2H3,(H2,22,27)/b15-11+. The fourth-order valence-electron chi connectivity index (χ4n) is 3.95. The summed E-state index contributed by atoms with van der Waals surface area (Å²) in [5.41, 5.74) is 7.01. The van der Waals surface area contributed by atoms with Gasteiger partial charge in [-0.1, -0.05) is 30.0 Å². The Balaban J connectivity index is 1.85.